The third-order valence-electron chi connectivity index (χ3n) is 4.68. The molecule has 0 amide bonds. The fourth-order valence-electron chi connectivity index (χ4n) is 3.56. The van der Waals surface area contributed by atoms with E-state index < -0.39 is 0 Å². The summed E-state index contributed by atoms with van der Waals surface area (Å²) in [6.07, 6.45) is 6.19. The van der Waals surface area contributed by atoms with Gasteiger partial charge in [-0.05, 0) is 24.7 Å². The van der Waals surface area contributed by atoms with Crippen molar-refractivity contribution in [3.05, 3.63) is 11.5 Å². The largest absolute Gasteiger partial charge is 0.311 e. The van der Waals surface area contributed by atoms with Crippen molar-refractivity contribution in [1.82, 2.24) is 19.3 Å². The minimum Gasteiger partial charge on any atom is -0.311 e. The van der Waals surface area contributed by atoms with Crippen LogP contribution in [0, 0.1) is 5.41 Å². The number of alkyl halides is 1. The normalized spacial score (nSPS) is 18.2. The van der Waals surface area contributed by atoms with Crippen LogP contribution < -0.4 is 0 Å². The van der Waals surface area contributed by atoms with Crippen LogP contribution in [0.4, 0.5) is 0 Å². The van der Waals surface area contributed by atoms with Gasteiger partial charge in [-0.2, -0.15) is 5.10 Å². The molecule has 2 aromatic rings. The lowest BCUT2D eigenvalue weighted by atomic mass is 9.89. The van der Waals surface area contributed by atoms with Gasteiger partial charge < -0.3 is 4.57 Å². The van der Waals surface area contributed by atoms with Gasteiger partial charge in [-0.3, -0.25) is 4.68 Å². The van der Waals surface area contributed by atoms with E-state index in [1.165, 1.54) is 25.7 Å². The average Bonchev–Trinajstić information content (AvgIpc) is 3.07. The Labute approximate surface area is 125 Å². The molecule has 5 heteroatoms. The molecule has 1 fully saturated rings. The lowest BCUT2D eigenvalue weighted by Crippen LogP contribution is -2.21. The molecule has 0 spiro atoms. The van der Waals surface area contributed by atoms with E-state index in [-0.39, 0.29) is 0 Å². The molecule has 4 nitrogen and oxygen atoms in total. The highest BCUT2D eigenvalue weighted by molar-refractivity contribution is 6.16. The van der Waals surface area contributed by atoms with E-state index in [1.807, 2.05) is 11.7 Å². The first-order chi connectivity index (χ1) is 9.58. The van der Waals surface area contributed by atoms with Gasteiger partial charge in [-0.15, -0.1) is 11.6 Å². The molecule has 20 heavy (non-hydrogen) atoms. The Morgan fingerprint density at radius 3 is 2.60 bits per heavy atom. The van der Waals surface area contributed by atoms with Crippen molar-refractivity contribution in [2.45, 2.75) is 58.4 Å². The predicted molar refractivity (Wildman–Crippen MR) is 82.0 cm³/mol. The molecule has 0 aromatic carbocycles. The maximum Gasteiger partial charge on any atom is 0.158 e. The minimum absolute atomic E-state index is 0.380. The van der Waals surface area contributed by atoms with Crippen LogP contribution in [0.1, 0.15) is 51.0 Å². The number of nitrogens with zero attached hydrogens (tertiary/aromatic N) is 4. The van der Waals surface area contributed by atoms with Gasteiger partial charge in [0.05, 0.1) is 11.6 Å². The lowest BCUT2D eigenvalue weighted by Gasteiger charge is -2.25. The molecule has 0 aliphatic heterocycles. The number of halogens is 1. The SMILES string of the molecule is CCc1nn(C)c2c1nc(CCl)n2CC1(C)CCCC1. The van der Waals surface area contributed by atoms with Crippen molar-refractivity contribution in [3.8, 4) is 0 Å². The summed E-state index contributed by atoms with van der Waals surface area (Å²) < 4.78 is 4.27. The lowest BCUT2D eigenvalue weighted by molar-refractivity contribution is 0.281. The molecule has 3 rings (SSSR count). The second kappa shape index (κ2) is 5.06. The summed E-state index contributed by atoms with van der Waals surface area (Å²) in [6, 6.07) is 0. The zero-order valence-corrected chi connectivity index (χ0v) is 13.4. The van der Waals surface area contributed by atoms with Gasteiger partial charge in [0.2, 0.25) is 0 Å². The third-order valence-corrected chi connectivity index (χ3v) is 4.91. The van der Waals surface area contributed by atoms with Gasteiger partial charge >= 0.3 is 0 Å². The summed E-state index contributed by atoms with van der Waals surface area (Å²) in [5.74, 6) is 1.45. The number of aryl methyl sites for hydroxylation is 2. The number of hydrogen-bond donors (Lipinski definition) is 0. The van der Waals surface area contributed by atoms with Crippen LogP contribution >= 0.6 is 11.6 Å². The monoisotopic (exact) mass is 294 g/mol. The predicted octanol–water partition coefficient (Wildman–Crippen LogP) is 3.65. The summed E-state index contributed by atoms with van der Waals surface area (Å²) in [5, 5.41) is 4.59. The van der Waals surface area contributed by atoms with Crippen LogP contribution in [0.2, 0.25) is 0 Å². The molecule has 2 heterocycles. The summed E-state index contributed by atoms with van der Waals surface area (Å²) in [7, 11) is 2.01. The second-order valence-electron chi connectivity index (χ2n) is 6.36. The Hall–Kier alpha value is -1.03. The highest BCUT2D eigenvalue weighted by Crippen LogP contribution is 2.40. The van der Waals surface area contributed by atoms with E-state index in [0.29, 0.717) is 11.3 Å². The minimum atomic E-state index is 0.380. The fraction of sp³-hybridized carbons (Fsp3) is 0.733. The standard InChI is InChI=1S/C15H23ClN4/c1-4-11-13-14(19(3)18-11)20(12(9-16)17-13)10-15(2)7-5-6-8-15/h4-10H2,1-3H3. The average molecular weight is 295 g/mol. The molecule has 1 aliphatic rings. The maximum absolute atomic E-state index is 6.13. The topological polar surface area (TPSA) is 35.6 Å². The molecule has 0 N–H and O–H groups in total. The van der Waals surface area contributed by atoms with Crippen LogP contribution in [0.5, 0.6) is 0 Å². The first-order valence-electron chi connectivity index (χ1n) is 7.55. The van der Waals surface area contributed by atoms with Crippen molar-refractivity contribution < 1.29 is 0 Å². The van der Waals surface area contributed by atoms with Gasteiger partial charge in [-0.1, -0.05) is 26.7 Å². The highest BCUT2D eigenvalue weighted by atomic mass is 35.5. The summed E-state index contributed by atoms with van der Waals surface area (Å²) >= 11 is 6.13. The zero-order valence-electron chi connectivity index (χ0n) is 12.6. The van der Waals surface area contributed by atoms with Gasteiger partial charge in [0.25, 0.3) is 0 Å². The van der Waals surface area contributed by atoms with Gasteiger partial charge in [-0.25, -0.2) is 4.98 Å². The first kappa shape index (κ1) is 13.9. The van der Waals surface area contributed by atoms with Crippen molar-refractivity contribution in [2.24, 2.45) is 12.5 Å². The van der Waals surface area contributed by atoms with E-state index in [2.05, 4.69) is 23.5 Å². The Morgan fingerprint density at radius 2 is 2.00 bits per heavy atom. The highest BCUT2D eigenvalue weighted by Gasteiger charge is 2.31. The summed E-state index contributed by atoms with van der Waals surface area (Å²) in [5.41, 5.74) is 3.62. The molecule has 2 aromatic heterocycles. The van der Waals surface area contributed by atoms with Crippen LogP contribution in [0.15, 0.2) is 0 Å². The number of imidazole rings is 1. The van der Waals surface area contributed by atoms with Crippen LogP contribution in [0.3, 0.4) is 0 Å². The van der Waals surface area contributed by atoms with Crippen LogP contribution in [-0.2, 0) is 25.9 Å². The van der Waals surface area contributed by atoms with Gasteiger partial charge in [0.15, 0.2) is 5.65 Å². The molecular formula is C15H23ClN4. The molecule has 110 valence electrons. The Bertz CT molecular complexity index is 619. The van der Waals surface area contributed by atoms with Crippen molar-refractivity contribution in [2.75, 3.05) is 0 Å². The summed E-state index contributed by atoms with van der Waals surface area (Å²) in [6.45, 7) is 5.52. The van der Waals surface area contributed by atoms with E-state index >= 15 is 0 Å². The second-order valence-corrected chi connectivity index (χ2v) is 6.63. The van der Waals surface area contributed by atoms with Gasteiger partial charge in [0.1, 0.15) is 11.3 Å². The van der Waals surface area contributed by atoms with Gasteiger partial charge in [0, 0.05) is 13.6 Å². The van der Waals surface area contributed by atoms with Crippen molar-refractivity contribution in [1.29, 1.82) is 0 Å². The maximum atomic E-state index is 6.13. The quantitative estimate of drug-likeness (QED) is 0.807. The number of fused-ring (bicyclic) bond motifs is 1. The van der Waals surface area contributed by atoms with Crippen LogP contribution in [-0.4, -0.2) is 19.3 Å². The van der Waals surface area contributed by atoms with Crippen molar-refractivity contribution >= 4 is 22.8 Å². The fourth-order valence-corrected chi connectivity index (χ4v) is 3.77. The van der Waals surface area contributed by atoms with Crippen molar-refractivity contribution in [3.63, 3.8) is 0 Å². The molecule has 1 saturated carbocycles. The Kier molecular flexibility index (Phi) is 3.53. The molecule has 0 radical (unpaired) electrons. The molecule has 0 bridgehead atoms. The number of aromatic nitrogens is 4. The number of rotatable bonds is 4. The number of hydrogen-bond acceptors (Lipinski definition) is 2. The summed E-state index contributed by atoms with van der Waals surface area (Å²) in [4.78, 5) is 4.74. The van der Waals surface area contributed by atoms with E-state index in [1.54, 1.807) is 0 Å². The Balaban J connectivity index is 2.10. The van der Waals surface area contributed by atoms with E-state index in [0.717, 1.165) is 35.6 Å². The van der Waals surface area contributed by atoms with E-state index in [9.17, 15) is 0 Å². The molecule has 0 saturated heterocycles. The molecular weight excluding hydrogens is 272 g/mol. The van der Waals surface area contributed by atoms with E-state index in [4.69, 9.17) is 16.6 Å². The van der Waals surface area contributed by atoms with Crippen LogP contribution in [0.25, 0.3) is 11.2 Å². The zero-order chi connectivity index (χ0) is 14.3. The molecule has 1 aliphatic carbocycles. The Morgan fingerprint density at radius 1 is 1.30 bits per heavy atom. The molecule has 0 unspecified atom stereocenters. The smallest absolute Gasteiger partial charge is 0.158 e. The first-order valence-corrected chi connectivity index (χ1v) is 8.08. The third kappa shape index (κ3) is 2.14. The molecule has 0 atom stereocenters.